The van der Waals surface area contributed by atoms with Gasteiger partial charge in [0, 0.05) is 0 Å². The molecule has 1 fully saturated rings. The molecule has 1 aromatic rings. The molecule has 0 unspecified atom stereocenters. The first-order valence-corrected chi connectivity index (χ1v) is 7.26. The molecule has 18 heavy (non-hydrogen) atoms. The molecule has 4 heteroatoms. The van der Waals surface area contributed by atoms with Crippen molar-refractivity contribution in [1.29, 1.82) is 0 Å². The van der Waals surface area contributed by atoms with Gasteiger partial charge in [0.1, 0.15) is 0 Å². The highest BCUT2D eigenvalue weighted by Crippen LogP contribution is 2.40. The van der Waals surface area contributed by atoms with Crippen LogP contribution >= 0.6 is 15.9 Å². The molecule has 1 N–H and O–H groups in total. The van der Waals surface area contributed by atoms with E-state index in [4.69, 9.17) is 9.47 Å². The van der Waals surface area contributed by atoms with Gasteiger partial charge in [0.2, 0.25) is 0 Å². The van der Waals surface area contributed by atoms with Crippen molar-refractivity contribution in [2.75, 3.05) is 26.8 Å². The Balaban J connectivity index is 2.30. The second-order valence-electron chi connectivity index (χ2n) is 4.49. The number of halogens is 1. The number of hydrogen-bond donors (Lipinski definition) is 1. The standard InChI is InChI=1S/C14H20BrNO2/c1-3-18-13-9-11(8-12(15)14(13)17-2)10-4-6-16-7-5-10/h8-10,16H,3-7H2,1-2H3. The van der Waals surface area contributed by atoms with Crippen molar-refractivity contribution in [3.63, 3.8) is 0 Å². The van der Waals surface area contributed by atoms with E-state index in [1.807, 2.05) is 6.92 Å². The van der Waals surface area contributed by atoms with Gasteiger partial charge in [-0.2, -0.15) is 0 Å². The summed E-state index contributed by atoms with van der Waals surface area (Å²) in [5.74, 6) is 2.24. The molecule has 0 radical (unpaired) electrons. The number of hydrogen-bond acceptors (Lipinski definition) is 3. The fourth-order valence-corrected chi connectivity index (χ4v) is 3.06. The smallest absolute Gasteiger partial charge is 0.174 e. The lowest BCUT2D eigenvalue weighted by molar-refractivity contribution is 0.309. The molecule has 2 rings (SSSR count). The Hall–Kier alpha value is -0.740. The fourth-order valence-electron chi connectivity index (χ4n) is 2.44. The first-order chi connectivity index (χ1) is 8.76. The van der Waals surface area contributed by atoms with Crippen LogP contribution in [0.5, 0.6) is 11.5 Å². The molecule has 0 atom stereocenters. The molecule has 0 saturated carbocycles. The molecule has 1 saturated heterocycles. The average molecular weight is 314 g/mol. The topological polar surface area (TPSA) is 30.5 Å². The van der Waals surface area contributed by atoms with Gasteiger partial charge in [-0.3, -0.25) is 0 Å². The minimum absolute atomic E-state index is 0.618. The van der Waals surface area contributed by atoms with E-state index in [0.717, 1.165) is 29.1 Å². The summed E-state index contributed by atoms with van der Waals surface area (Å²) in [6.07, 6.45) is 2.37. The maximum atomic E-state index is 5.67. The lowest BCUT2D eigenvalue weighted by Gasteiger charge is -2.24. The van der Waals surface area contributed by atoms with Crippen LogP contribution in [0.2, 0.25) is 0 Å². The molecule has 100 valence electrons. The van der Waals surface area contributed by atoms with E-state index in [0.29, 0.717) is 12.5 Å². The minimum atomic E-state index is 0.618. The van der Waals surface area contributed by atoms with Gasteiger partial charge in [0.25, 0.3) is 0 Å². The van der Waals surface area contributed by atoms with E-state index >= 15 is 0 Å². The largest absolute Gasteiger partial charge is 0.492 e. The first-order valence-electron chi connectivity index (χ1n) is 6.47. The Morgan fingerprint density at radius 2 is 2.06 bits per heavy atom. The Morgan fingerprint density at radius 3 is 2.67 bits per heavy atom. The highest BCUT2D eigenvalue weighted by atomic mass is 79.9. The van der Waals surface area contributed by atoms with Crippen molar-refractivity contribution in [2.45, 2.75) is 25.7 Å². The summed E-state index contributed by atoms with van der Waals surface area (Å²) in [4.78, 5) is 0. The van der Waals surface area contributed by atoms with Crippen LogP contribution in [0.1, 0.15) is 31.2 Å². The molecular formula is C14H20BrNO2. The van der Waals surface area contributed by atoms with Crippen LogP contribution in [-0.2, 0) is 0 Å². The summed E-state index contributed by atoms with van der Waals surface area (Å²) in [5.41, 5.74) is 1.34. The van der Waals surface area contributed by atoms with Gasteiger partial charge in [0.05, 0.1) is 18.2 Å². The molecule has 3 nitrogen and oxygen atoms in total. The van der Waals surface area contributed by atoms with Crippen LogP contribution < -0.4 is 14.8 Å². The summed E-state index contributed by atoms with van der Waals surface area (Å²) in [7, 11) is 1.67. The van der Waals surface area contributed by atoms with E-state index in [-0.39, 0.29) is 0 Å². The van der Waals surface area contributed by atoms with Gasteiger partial charge in [-0.05, 0) is 72.4 Å². The zero-order valence-corrected chi connectivity index (χ0v) is 12.5. The number of methoxy groups -OCH3 is 1. The zero-order valence-electron chi connectivity index (χ0n) is 11.0. The maximum absolute atomic E-state index is 5.67. The lowest BCUT2D eigenvalue weighted by Crippen LogP contribution is -2.26. The second kappa shape index (κ2) is 6.43. The highest BCUT2D eigenvalue weighted by molar-refractivity contribution is 9.10. The van der Waals surface area contributed by atoms with Crippen molar-refractivity contribution in [3.8, 4) is 11.5 Å². The third kappa shape index (κ3) is 2.98. The molecular weight excluding hydrogens is 294 g/mol. The van der Waals surface area contributed by atoms with Crippen molar-refractivity contribution >= 4 is 15.9 Å². The summed E-state index contributed by atoms with van der Waals surface area (Å²) in [6.45, 7) is 4.83. The van der Waals surface area contributed by atoms with Crippen LogP contribution in [0, 0.1) is 0 Å². The Kier molecular flexibility index (Phi) is 4.89. The third-order valence-corrected chi connectivity index (χ3v) is 3.94. The van der Waals surface area contributed by atoms with E-state index < -0.39 is 0 Å². The summed E-state index contributed by atoms with van der Waals surface area (Å²) < 4.78 is 12.0. The SMILES string of the molecule is CCOc1cc(C2CCNCC2)cc(Br)c1OC. The van der Waals surface area contributed by atoms with Crippen LogP contribution in [0.15, 0.2) is 16.6 Å². The van der Waals surface area contributed by atoms with Crippen LogP contribution in [-0.4, -0.2) is 26.8 Å². The Labute approximate surface area is 117 Å². The highest BCUT2D eigenvalue weighted by Gasteiger charge is 2.19. The molecule has 1 aliphatic heterocycles. The third-order valence-electron chi connectivity index (χ3n) is 3.35. The van der Waals surface area contributed by atoms with Crippen molar-refractivity contribution < 1.29 is 9.47 Å². The Bertz CT molecular complexity index is 403. The summed E-state index contributed by atoms with van der Waals surface area (Å²) in [5, 5.41) is 3.39. The molecule has 1 heterocycles. The van der Waals surface area contributed by atoms with Gasteiger partial charge in [-0.25, -0.2) is 0 Å². The first kappa shape index (κ1) is 13.7. The van der Waals surface area contributed by atoms with Crippen LogP contribution in [0.3, 0.4) is 0 Å². The number of benzene rings is 1. The normalized spacial score (nSPS) is 16.6. The molecule has 0 aromatic heterocycles. The minimum Gasteiger partial charge on any atom is -0.492 e. The van der Waals surface area contributed by atoms with E-state index in [1.54, 1.807) is 7.11 Å². The van der Waals surface area contributed by atoms with Crippen molar-refractivity contribution in [2.24, 2.45) is 0 Å². The zero-order chi connectivity index (χ0) is 13.0. The van der Waals surface area contributed by atoms with E-state index in [1.165, 1.54) is 18.4 Å². The van der Waals surface area contributed by atoms with Gasteiger partial charge in [0.15, 0.2) is 11.5 Å². The molecule has 1 aromatic carbocycles. The summed E-state index contributed by atoms with van der Waals surface area (Å²) in [6, 6.07) is 4.29. The Morgan fingerprint density at radius 1 is 1.33 bits per heavy atom. The molecule has 0 amide bonds. The number of rotatable bonds is 4. The quantitative estimate of drug-likeness (QED) is 0.925. The predicted octanol–water partition coefficient (Wildman–Crippen LogP) is 3.32. The average Bonchev–Trinajstić information content (AvgIpc) is 2.40. The second-order valence-corrected chi connectivity index (χ2v) is 5.35. The molecule has 1 aliphatic rings. The van der Waals surface area contributed by atoms with Crippen LogP contribution in [0.25, 0.3) is 0 Å². The van der Waals surface area contributed by atoms with E-state index in [2.05, 4.69) is 33.4 Å². The monoisotopic (exact) mass is 313 g/mol. The maximum Gasteiger partial charge on any atom is 0.174 e. The lowest BCUT2D eigenvalue weighted by atomic mass is 9.90. The molecule has 0 bridgehead atoms. The van der Waals surface area contributed by atoms with Gasteiger partial charge >= 0.3 is 0 Å². The van der Waals surface area contributed by atoms with Crippen LogP contribution in [0.4, 0.5) is 0 Å². The number of nitrogens with one attached hydrogen (secondary N) is 1. The van der Waals surface area contributed by atoms with Crippen molar-refractivity contribution in [1.82, 2.24) is 5.32 Å². The predicted molar refractivity (Wildman–Crippen MR) is 76.7 cm³/mol. The van der Waals surface area contributed by atoms with E-state index in [9.17, 15) is 0 Å². The summed E-state index contributed by atoms with van der Waals surface area (Å²) >= 11 is 3.57. The van der Waals surface area contributed by atoms with Gasteiger partial charge < -0.3 is 14.8 Å². The molecule has 0 spiro atoms. The van der Waals surface area contributed by atoms with Crippen molar-refractivity contribution in [3.05, 3.63) is 22.2 Å². The molecule has 0 aliphatic carbocycles. The van der Waals surface area contributed by atoms with Gasteiger partial charge in [-0.15, -0.1) is 0 Å². The number of piperidine rings is 1. The van der Waals surface area contributed by atoms with Gasteiger partial charge in [-0.1, -0.05) is 0 Å². The number of ether oxygens (including phenoxy) is 2. The fraction of sp³-hybridized carbons (Fsp3) is 0.571.